The molecule has 0 spiro atoms. The van der Waals surface area contributed by atoms with E-state index in [1.807, 2.05) is 0 Å². The largest absolute Gasteiger partial charge is 0.480 e. The topological polar surface area (TPSA) is 77.2 Å². The van der Waals surface area contributed by atoms with E-state index in [4.69, 9.17) is 10.5 Å². The maximum atomic E-state index is 12.0. The van der Waals surface area contributed by atoms with Crippen molar-refractivity contribution >= 4 is 5.91 Å². The standard InChI is InChI=1S/C13H21N3O2/c1-3-10(6-7-14)9-16-12(17)11-5-4-8-15-13(11)18-2/h4-5,8,10H,3,6-7,9,14H2,1-2H3,(H,16,17). The Labute approximate surface area is 108 Å². The molecule has 5 nitrogen and oxygen atoms in total. The van der Waals surface area contributed by atoms with E-state index in [1.54, 1.807) is 18.3 Å². The fourth-order valence-electron chi connectivity index (χ4n) is 1.74. The van der Waals surface area contributed by atoms with Gasteiger partial charge in [-0.2, -0.15) is 0 Å². The van der Waals surface area contributed by atoms with Crippen LogP contribution in [0.5, 0.6) is 5.88 Å². The fourth-order valence-corrected chi connectivity index (χ4v) is 1.74. The summed E-state index contributed by atoms with van der Waals surface area (Å²) in [5.41, 5.74) is 5.99. The Morgan fingerprint density at radius 3 is 3.00 bits per heavy atom. The summed E-state index contributed by atoms with van der Waals surface area (Å²) in [6, 6.07) is 3.42. The summed E-state index contributed by atoms with van der Waals surface area (Å²) in [5, 5.41) is 2.90. The van der Waals surface area contributed by atoms with Gasteiger partial charge in [-0.05, 0) is 31.0 Å². The second kappa shape index (κ2) is 7.66. The number of carbonyl (C=O) groups is 1. The van der Waals surface area contributed by atoms with Gasteiger partial charge in [-0.3, -0.25) is 4.79 Å². The van der Waals surface area contributed by atoms with Crippen molar-refractivity contribution in [3.05, 3.63) is 23.9 Å². The first-order valence-corrected chi connectivity index (χ1v) is 6.20. The van der Waals surface area contributed by atoms with E-state index in [0.717, 1.165) is 12.8 Å². The SMILES string of the molecule is CCC(CCN)CNC(=O)c1cccnc1OC. The Morgan fingerprint density at radius 2 is 2.39 bits per heavy atom. The Hall–Kier alpha value is -1.62. The summed E-state index contributed by atoms with van der Waals surface area (Å²) in [4.78, 5) is 16.0. The molecule has 5 heteroatoms. The highest BCUT2D eigenvalue weighted by Crippen LogP contribution is 2.13. The molecule has 1 atom stereocenters. The van der Waals surface area contributed by atoms with Crippen molar-refractivity contribution in [3.8, 4) is 5.88 Å². The van der Waals surface area contributed by atoms with Gasteiger partial charge in [0, 0.05) is 12.7 Å². The second-order valence-corrected chi connectivity index (χ2v) is 4.12. The lowest BCUT2D eigenvalue weighted by molar-refractivity contribution is 0.0942. The third kappa shape index (κ3) is 4.00. The van der Waals surface area contributed by atoms with E-state index in [1.165, 1.54) is 7.11 Å². The molecule has 0 aliphatic carbocycles. The summed E-state index contributed by atoms with van der Waals surface area (Å²) in [6.45, 7) is 3.37. The molecule has 0 aliphatic rings. The van der Waals surface area contributed by atoms with E-state index in [0.29, 0.717) is 30.5 Å². The summed E-state index contributed by atoms with van der Waals surface area (Å²) in [6.07, 6.45) is 3.52. The highest BCUT2D eigenvalue weighted by molar-refractivity contribution is 5.96. The van der Waals surface area contributed by atoms with Crippen LogP contribution in [-0.2, 0) is 0 Å². The molecule has 100 valence electrons. The molecule has 1 aromatic rings. The first kappa shape index (κ1) is 14.4. The number of nitrogens with one attached hydrogen (secondary N) is 1. The molecular formula is C13H21N3O2. The van der Waals surface area contributed by atoms with Crippen LogP contribution < -0.4 is 15.8 Å². The molecule has 1 unspecified atom stereocenters. The first-order chi connectivity index (χ1) is 8.72. The Bertz CT molecular complexity index is 382. The van der Waals surface area contributed by atoms with Gasteiger partial charge in [0.15, 0.2) is 0 Å². The highest BCUT2D eigenvalue weighted by Gasteiger charge is 2.14. The smallest absolute Gasteiger partial charge is 0.256 e. The Kier molecular flexibility index (Phi) is 6.14. The molecule has 0 saturated carbocycles. The van der Waals surface area contributed by atoms with Gasteiger partial charge in [-0.1, -0.05) is 13.3 Å². The van der Waals surface area contributed by atoms with Crippen LogP contribution in [-0.4, -0.2) is 31.1 Å². The van der Waals surface area contributed by atoms with Gasteiger partial charge in [0.05, 0.1) is 7.11 Å². The van der Waals surface area contributed by atoms with Gasteiger partial charge < -0.3 is 15.8 Å². The van der Waals surface area contributed by atoms with Crippen molar-refractivity contribution in [2.45, 2.75) is 19.8 Å². The predicted molar refractivity (Wildman–Crippen MR) is 70.6 cm³/mol. The fraction of sp³-hybridized carbons (Fsp3) is 0.538. The minimum atomic E-state index is -0.157. The zero-order chi connectivity index (χ0) is 13.4. The monoisotopic (exact) mass is 251 g/mol. The molecule has 0 bridgehead atoms. The van der Waals surface area contributed by atoms with Gasteiger partial charge in [0.25, 0.3) is 5.91 Å². The summed E-state index contributed by atoms with van der Waals surface area (Å²) >= 11 is 0. The van der Waals surface area contributed by atoms with Gasteiger partial charge in [0.1, 0.15) is 5.56 Å². The maximum Gasteiger partial charge on any atom is 0.256 e. The lowest BCUT2D eigenvalue weighted by Crippen LogP contribution is -2.30. The van der Waals surface area contributed by atoms with Gasteiger partial charge >= 0.3 is 0 Å². The average molecular weight is 251 g/mol. The quantitative estimate of drug-likeness (QED) is 0.763. The van der Waals surface area contributed by atoms with E-state index in [2.05, 4.69) is 17.2 Å². The van der Waals surface area contributed by atoms with Gasteiger partial charge in [-0.15, -0.1) is 0 Å². The third-order valence-electron chi connectivity index (χ3n) is 2.91. The number of methoxy groups -OCH3 is 1. The number of rotatable bonds is 7. The molecule has 3 N–H and O–H groups in total. The molecule has 1 heterocycles. The summed E-state index contributed by atoms with van der Waals surface area (Å²) < 4.78 is 5.06. The third-order valence-corrected chi connectivity index (χ3v) is 2.91. The van der Waals surface area contributed by atoms with E-state index >= 15 is 0 Å². The molecule has 18 heavy (non-hydrogen) atoms. The van der Waals surface area contributed by atoms with E-state index in [9.17, 15) is 4.79 Å². The number of pyridine rings is 1. The second-order valence-electron chi connectivity index (χ2n) is 4.12. The van der Waals surface area contributed by atoms with Crippen LogP contribution in [0, 0.1) is 5.92 Å². The van der Waals surface area contributed by atoms with Gasteiger partial charge in [-0.25, -0.2) is 4.98 Å². The van der Waals surface area contributed by atoms with Crippen molar-refractivity contribution in [1.29, 1.82) is 0 Å². The number of nitrogens with two attached hydrogens (primary N) is 1. The maximum absolute atomic E-state index is 12.0. The van der Waals surface area contributed by atoms with Crippen LogP contribution in [0.15, 0.2) is 18.3 Å². The number of hydrogen-bond acceptors (Lipinski definition) is 4. The minimum Gasteiger partial charge on any atom is -0.480 e. The van der Waals surface area contributed by atoms with Gasteiger partial charge in [0.2, 0.25) is 5.88 Å². The van der Waals surface area contributed by atoms with Crippen molar-refractivity contribution in [2.75, 3.05) is 20.2 Å². The lowest BCUT2D eigenvalue weighted by Gasteiger charge is -2.15. The van der Waals surface area contributed by atoms with E-state index < -0.39 is 0 Å². The number of amides is 1. The molecular weight excluding hydrogens is 230 g/mol. The highest BCUT2D eigenvalue weighted by atomic mass is 16.5. The van der Waals surface area contributed by atoms with Crippen molar-refractivity contribution in [3.63, 3.8) is 0 Å². The van der Waals surface area contributed by atoms with Crippen LogP contribution >= 0.6 is 0 Å². The molecule has 0 fully saturated rings. The molecule has 1 rings (SSSR count). The lowest BCUT2D eigenvalue weighted by atomic mass is 10.0. The zero-order valence-electron chi connectivity index (χ0n) is 11.0. The van der Waals surface area contributed by atoms with Crippen LogP contribution in [0.2, 0.25) is 0 Å². The van der Waals surface area contributed by atoms with E-state index in [-0.39, 0.29) is 5.91 Å². The van der Waals surface area contributed by atoms with Crippen LogP contribution in [0.25, 0.3) is 0 Å². The van der Waals surface area contributed by atoms with Crippen LogP contribution in [0.4, 0.5) is 0 Å². The summed E-state index contributed by atoms with van der Waals surface area (Å²) in [5.74, 6) is 0.610. The number of hydrogen-bond donors (Lipinski definition) is 2. The molecule has 0 saturated heterocycles. The molecule has 0 radical (unpaired) electrons. The Morgan fingerprint density at radius 1 is 1.61 bits per heavy atom. The average Bonchev–Trinajstić information content (AvgIpc) is 2.42. The molecule has 1 aromatic heterocycles. The predicted octanol–water partition coefficient (Wildman–Crippen LogP) is 1.19. The van der Waals surface area contributed by atoms with Crippen molar-refractivity contribution in [1.82, 2.24) is 10.3 Å². The normalized spacial score (nSPS) is 11.9. The van der Waals surface area contributed by atoms with Crippen LogP contribution in [0.1, 0.15) is 30.1 Å². The van der Waals surface area contributed by atoms with Crippen molar-refractivity contribution < 1.29 is 9.53 Å². The molecule has 0 aromatic carbocycles. The number of nitrogens with zero attached hydrogens (tertiary/aromatic N) is 1. The number of carbonyl (C=O) groups excluding carboxylic acids is 1. The zero-order valence-corrected chi connectivity index (χ0v) is 11.0. The molecule has 0 aliphatic heterocycles. The first-order valence-electron chi connectivity index (χ1n) is 6.20. The summed E-state index contributed by atoms with van der Waals surface area (Å²) in [7, 11) is 1.50. The van der Waals surface area contributed by atoms with Crippen LogP contribution in [0.3, 0.4) is 0 Å². The van der Waals surface area contributed by atoms with Crippen molar-refractivity contribution in [2.24, 2.45) is 11.7 Å². The number of ether oxygens (including phenoxy) is 1. The number of aromatic nitrogens is 1. The molecule has 1 amide bonds. The minimum absolute atomic E-state index is 0.157. The Balaban J connectivity index is 2.59.